The monoisotopic (exact) mass is 492 g/mol. The van der Waals surface area contributed by atoms with Crippen LogP contribution >= 0.6 is 0 Å². The molecule has 2 N–H and O–H groups in total. The van der Waals surface area contributed by atoms with E-state index in [1.54, 1.807) is 6.20 Å². The molecule has 1 saturated heterocycles. The van der Waals surface area contributed by atoms with E-state index >= 15 is 0 Å². The molecular weight excluding hydrogens is 464 g/mol. The minimum atomic E-state index is -0.142. The van der Waals surface area contributed by atoms with E-state index in [4.69, 9.17) is 9.72 Å². The van der Waals surface area contributed by atoms with Crippen molar-refractivity contribution < 1.29 is 9.53 Å². The van der Waals surface area contributed by atoms with Crippen molar-refractivity contribution in [1.82, 2.24) is 25.1 Å². The van der Waals surface area contributed by atoms with E-state index in [1.165, 1.54) is 0 Å². The zero-order valence-corrected chi connectivity index (χ0v) is 20.7. The number of anilines is 1. The number of carbonyl (C=O) groups is 1. The van der Waals surface area contributed by atoms with E-state index < -0.39 is 0 Å². The number of nitrogens with zero attached hydrogens (tertiary/aromatic N) is 4. The number of Topliss-reactive ketones (excluding diaryl/α,β-unsaturated/α-hetero) is 1. The number of ketones is 1. The summed E-state index contributed by atoms with van der Waals surface area (Å²) in [4.78, 5) is 26.2. The number of H-pyrrole nitrogens is 2. The highest BCUT2D eigenvalue weighted by atomic mass is 16.5. The molecule has 7 rings (SSSR count). The van der Waals surface area contributed by atoms with Crippen molar-refractivity contribution >= 4 is 33.5 Å². The zero-order valence-electron chi connectivity index (χ0n) is 20.7. The van der Waals surface area contributed by atoms with E-state index in [2.05, 4.69) is 44.1 Å². The van der Waals surface area contributed by atoms with Crippen molar-refractivity contribution in [3.05, 3.63) is 66.6 Å². The lowest BCUT2D eigenvalue weighted by Crippen LogP contribution is -2.58. The van der Waals surface area contributed by atoms with Crippen LogP contribution in [0.3, 0.4) is 0 Å². The standard InChI is InChI=1S/C29H28N6O2/c1-18(22-8-12-30-28-23(22)9-13-31-28)37-21-3-4-25-24(14-21)27(34-33-25)19-2-5-26(32-15-19)35-16-29(17-35)10-6-20(36)7-11-29/h2-5,8-9,12-15,18H,6-7,10-11,16-17H2,1H3,(H,30,31)(H,33,34). The molecule has 1 aliphatic heterocycles. The molecule has 1 spiro atoms. The molecule has 5 aromatic rings. The average molecular weight is 493 g/mol. The summed E-state index contributed by atoms with van der Waals surface area (Å²) in [7, 11) is 0. The molecule has 1 saturated carbocycles. The molecule has 8 heteroatoms. The smallest absolute Gasteiger partial charge is 0.137 e. The molecule has 5 heterocycles. The van der Waals surface area contributed by atoms with Crippen LogP contribution in [0.4, 0.5) is 5.82 Å². The van der Waals surface area contributed by atoms with Crippen LogP contribution in [0.2, 0.25) is 0 Å². The van der Waals surface area contributed by atoms with Gasteiger partial charge in [-0.15, -0.1) is 0 Å². The van der Waals surface area contributed by atoms with Crippen LogP contribution in [0.5, 0.6) is 5.75 Å². The molecular formula is C29H28N6O2. The first kappa shape index (κ1) is 22.0. The normalized spacial score (nSPS) is 17.9. The predicted octanol–water partition coefficient (Wildman–Crippen LogP) is 5.59. The zero-order chi connectivity index (χ0) is 25.0. The van der Waals surface area contributed by atoms with Crippen molar-refractivity contribution in [3.63, 3.8) is 0 Å². The maximum absolute atomic E-state index is 11.6. The second kappa shape index (κ2) is 8.44. The number of fused-ring (bicyclic) bond motifs is 2. The summed E-state index contributed by atoms with van der Waals surface area (Å²) in [5, 5.41) is 9.78. The second-order valence-corrected chi connectivity index (χ2v) is 10.5. The maximum atomic E-state index is 11.6. The number of aromatic nitrogens is 5. The number of hydrogen-bond acceptors (Lipinski definition) is 6. The number of aromatic amines is 2. The Bertz CT molecular complexity index is 1600. The van der Waals surface area contributed by atoms with Gasteiger partial charge in [0, 0.05) is 71.8 Å². The van der Waals surface area contributed by atoms with E-state index in [9.17, 15) is 4.79 Å². The summed E-state index contributed by atoms with van der Waals surface area (Å²) < 4.78 is 6.35. The van der Waals surface area contributed by atoms with Gasteiger partial charge >= 0.3 is 0 Å². The number of ether oxygens (including phenoxy) is 1. The Morgan fingerprint density at radius 3 is 2.70 bits per heavy atom. The number of hydrogen-bond donors (Lipinski definition) is 2. The summed E-state index contributed by atoms with van der Waals surface area (Å²) >= 11 is 0. The third-order valence-electron chi connectivity index (χ3n) is 8.05. The second-order valence-electron chi connectivity index (χ2n) is 10.5. The molecule has 8 nitrogen and oxygen atoms in total. The van der Waals surface area contributed by atoms with E-state index in [-0.39, 0.29) is 6.10 Å². The third-order valence-corrected chi connectivity index (χ3v) is 8.05. The summed E-state index contributed by atoms with van der Waals surface area (Å²) in [6.07, 6.45) is 8.95. The van der Waals surface area contributed by atoms with Gasteiger partial charge in [-0.25, -0.2) is 9.97 Å². The largest absolute Gasteiger partial charge is 0.486 e. The fraction of sp³-hybridized carbons (Fsp3) is 0.310. The van der Waals surface area contributed by atoms with E-state index in [1.807, 2.05) is 42.7 Å². The van der Waals surface area contributed by atoms with Crippen molar-refractivity contribution in [2.24, 2.45) is 5.41 Å². The summed E-state index contributed by atoms with van der Waals surface area (Å²) in [6, 6.07) is 14.2. The molecule has 2 aliphatic rings. The fourth-order valence-electron chi connectivity index (χ4n) is 5.90. The molecule has 186 valence electrons. The van der Waals surface area contributed by atoms with Gasteiger partial charge in [0.25, 0.3) is 0 Å². The summed E-state index contributed by atoms with van der Waals surface area (Å²) in [5.74, 6) is 2.18. The van der Waals surface area contributed by atoms with Gasteiger partial charge in [-0.3, -0.25) is 9.89 Å². The first-order chi connectivity index (χ1) is 18.1. The van der Waals surface area contributed by atoms with Gasteiger partial charge < -0.3 is 14.6 Å². The lowest BCUT2D eigenvalue weighted by molar-refractivity contribution is -0.122. The molecule has 1 aliphatic carbocycles. The minimum absolute atomic E-state index is 0.142. The van der Waals surface area contributed by atoms with Crippen LogP contribution in [0.15, 0.2) is 61.1 Å². The lowest BCUT2D eigenvalue weighted by Gasteiger charge is -2.52. The Morgan fingerprint density at radius 1 is 1.03 bits per heavy atom. The van der Waals surface area contributed by atoms with Crippen LogP contribution in [0, 0.1) is 5.41 Å². The number of carbonyl (C=O) groups excluding carboxylic acids is 1. The molecule has 1 unspecified atom stereocenters. The van der Waals surface area contributed by atoms with Crippen LogP contribution < -0.4 is 9.64 Å². The highest BCUT2D eigenvalue weighted by Crippen LogP contribution is 2.44. The van der Waals surface area contributed by atoms with Gasteiger partial charge in [-0.05, 0) is 62.2 Å². The average Bonchev–Trinajstić information content (AvgIpc) is 3.55. The topological polar surface area (TPSA) is 99.8 Å². The van der Waals surface area contributed by atoms with Crippen LogP contribution in [0.25, 0.3) is 33.2 Å². The Hall–Kier alpha value is -4.20. The van der Waals surface area contributed by atoms with Crippen molar-refractivity contribution in [3.8, 4) is 17.0 Å². The first-order valence-electron chi connectivity index (χ1n) is 12.9. The Morgan fingerprint density at radius 2 is 1.89 bits per heavy atom. The Labute approximate surface area is 214 Å². The lowest BCUT2D eigenvalue weighted by atomic mass is 9.68. The molecule has 0 amide bonds. The molecule has 4 aromatic heterocycles. The number of nitrogens with one attached hydrogen (secondary N) is 2. The molecule has 0 radical (unpaired) electrons. The fourth-order valence-corrected chi connectivity index (χ4v) is 5.90. The minimum Gasteiger partial charge on any atom is -0.486 e. The van der Waals surface area contributed by atoms with Gasteiger partial charge in [-0.1, -0.05) is 0 Å². The highest BCUT2D eigenvalue weighted by Gasteiger charge is 2.45. The maximum Gasteiger partial charge on any atom is 0.137 e. The summed E-state index contributed by atoms with van der Waals surface area (Å²) in [5.41, 5.74) is 5.03. The van der Waals surface area contributed by atoms with Crippen molar-refractivity contribution in [2.75, 3.05) is 18.0 Å². The van der Waals surface area contributed by atoms with Gasteiger partial charge in [-0.2, -0.15) is 5.10 Å². The Balaban J connectivity index is 1.10. The molecule has 0 bridgehead atoms. The third kappa shape index (κ3) is 3.84. The van der Waals surface area contributed by atoms with E-state index in [0.29, 0.717) is 11.2 Å². The Kier molecular flexibility index (Phi) is 5.02. The molecule has 1 atom stereocenters. The predicted molar refractivity (Wildman–Crippen MR) is 143 cm³/mol. The molecule has 2 fully saturated rings. The highest BCUT2D eigenvalue weighted by molar-refractivity contribution is 5.93. The van der Waals surface area contributed by atoms with Gasteiger partial charge in [0.2, 0.25) is 0 Å². The first-order valence-corrected chi connectivity index (χ1v) is 12.9. The van der Waals surface area contributed by atoms with Gasteiger partial charge in [0.1, 0.15) is 34.8 Å². The van der Waals surface area contributed by atoms with Gasteiger partial charge in [0.15, 0.2) is 0 Å². The van der Waals surface area contributed by atoms with Crippen LogP contribution in [-0.2, 0) is 4.79 Å². The molecule has 1 aromatic carbocycles. The summed E-state index contributed by atoms with van der Waals surface area (Å²) in [6.45, 7) is 4.03. The number of benzene rings is 1. The van der Waals surface area contributed by atoms with Crippen molar-refractivity contribution in [2.45, 2.75) is 38.7 Å². The SMILES string of the molecule is CC(Oc1ccc2[nH]nc(-c3ccc(N4CC5(CCC(=O)CC5)C4)nc3)c2c1)c1ccnc2[nH]ccc12. The van der Waals surface area contributed by atoms with Crippen molar-refractivity contribution in [1.29, 1.82) is 0 Å². The van der Waals surface area contributed by atoms with Crippen LogP contribution in [-0.4, -0.2) is 44.0 Å². The van der Waals surface area contributed by atoms with E-state index in [0.717, 1.165) is 89.1 Å². The number of rotatable bonds is 5. The quantitative estimate of drug-likeness (QED) is 0.332. The van der Waals surface area contributed by atoms with Gasteiger partial charge in [0.05, 0.1) is 5.52 Å². The van der Waals surface area contributed by atoms with Crippen LogP contribution in [0.1, 0.15) is 44.3 Å². The molecule has 37 heavy (non-hydrogen) atoms. The number of pyridine rings is 2.